The van der Waals surface area contributed by atoms with E-state index in [2.05, 4.69) is 10.2 Å². The maximum atomic E-state index is 12.6. The summed E-state index contributed by atoms with van der Waals surface area (Å²) in [4.78, 5) is 14.7. The first-order chi connectivity index (χ1) is 7.78. The van der Waals surface area contributed by atoms with Crippen molar-refractivity contribution in [2.75, 3.05) is 20.1 Å². The lowest BCUT2D eigenvalue weighted by Gasteiger charge is -2.40. The van der Waals surface area contributed by atoms with Crippen LogP contribution in [0.5, 0.6) is 0 Å². The van der Waals surface area contributed by atoms with Crippen molar-refractivity contribution in [3.8, 4) is 0 Å². The third kappa shape index (κ3) is 2.24. The molecule has 1 saturated heterocycles. The Morgan fingerprint density at radius 1 is 1.00 bits per heavy atom. The maximum Gasteiger partial charge on any atom is 0.242 e. The summed E-state index contributed by atoms with van der Waals surface area (Å²) in [7, 11) is 1.95. The Bertz CT molecular complexity index is 240. The molecule has 3 nitrogen and oxygen atoms in total. The lowest BCUT2D eigenvalue weighted by atomic mass is 9.80. The Kier molecular flexibility index (Phi) is 3.85. The fourth-order valence-electron chi connectivity index (χ4n) is 3.13. The van der Waals surface area contributed by atoms with Crippen LogP contribution in [0.15, 0.2) is 0 Å². The van der Waals surface area contributed by atoms with Crippen LogP contribution >= 0.6 is 0 Å². The zero-order valence-corrected chi connectivity index (χ0v) is 10.4. The minimum atomic E-state index is -0.227. The molecule has 0 aromatic heterocycles. The smallest absolute Gasteiger partial charge is 0.242 e. The molecule has 92 valence electrons. The van der Waals surface area contributed by atoms with Gasteiger partial charge in [-0.15, -0.1) is 0 Å². The van der Waals surface area contributed by atoms with E-state index in [-0.39, 0.29) is 5.54 Å². The molecule has 2 fully saturated rings. The highest BCUT2D eigenvalue weighted by Crippen LogP contribution is 2.30. The molecule has 1 N–H and O–H groups in total. The number of piperidine rings is 1. The second-order valence-corrected chi connectivity index (χ2v) is 5.25. The van der Waals surface area contributed by atoms with E-state index in [0.717, 1.165) is 25.9 Å². The van der Waals surface area contributed by atoms with Gasteiger partial charge in [0.05, 0.1) is 5.54 Å². The van der Waals surface area contributed by atoms with Crippen LogP contribution in [0.25, 0.3) is 0 Å². The normalized spacial score (nSPS) is 25.4. The van der Waals surface area contributed by atoms with Crippen LogP contribution in [0.2, 0.25) is 0 Å². The lowest BCUT2D eigenvalue weighted by Crippen LogP contribution is -2.58. The molecule has 16 heavy (non-hydrogen) atoms. The third-order valence-corrected chi connectivity index (χ3v) is 4.24. The van der Waals surface area contributed by atoms with Gasteiger partial charge in [0.1, 0.15) is 0 Å². The van der Waals surface area contributed by atoms with Crippen molar-refractivity contribution in [3.63, 3.8) is 0 Å². The van der Waals surface area contributed by atoms with Gasteiger partial charge >= 0.3 is 0 Å². The molecular weight excluding hydrogens is 200 g/mol. The van der Waals surface area contributed by atoms with Gasteiger partial charge in [-0.05, 0) is 39.2 Å². The SMILES string of the molecule is CNC1(C(=O)N2CCCCC2)CCCCC1. The van der Waals surface area contributed by atoms with E-state index in [0.29, 0.717) is 5.91 Å². The number of hydrogen-bond acceptors (Lipinski definition) is 2. The van der Waals surface area contributed by atoms with Crippen molar-refractivity contribution >= 4 is 5.91 Å². The van der Waals surface area contributed by atoms with Crippen molar-refractivity contribution in [3.05, 3.63) is 0 Å². The molecule has 1 saturated carbocycles. The first-order valence-corrected chi connectivity index (χ1v) is 6.77. The summed E-state index contributed by atoms with van der Waals surface area (Å²) in [5.74, 6) is 0.370. The summed E-state index contributed by atoms with van der Waals surface area (Å²) < 4.78 is 0. The van der Waals surface area contributed by atoms with Crippen LogP contribution in [0, 0.1) is 0 Å². The number of rotatable bonds is 2. The second kappa shape index (κ2) is 5.17. The Morgan fingerprint density at radius 2 is 1.56 bits per heavy atom. The molecule has 1 heterocycles. The molecule has 0 aromatic rings. The quantitative estimate of drug-likeness (QED) is 0.777. The van der Waals surface area contributed by atoms with E-state index in [9.17, 15) is 4.79 Å². The Labute approximate surface area is 98.6 Å². The average Bonchev–Trinajstić information content (AvgIpc) is 2.39. The number of carbonyl (C=O) groups excluding carboxylic acids is 1. The van der Waals surface area contributed by atoms with Gasteiger partial charge in [0.15, 0.2) is 0 Å². The molecule has 0 aromatic carbocycles. The van der Waals surface area contributed by atoms with Crippen molar-refractivity contribution in [2.45, 2.75) is 56.9 Å². The van der Waals surface area contributed by atoms with Gasteiger partial charge in [-0.2, -0.15) is 0 Å². The van der Waals surface area contributed by atoms with E-state index < -0.39 is 0 Å². The predicted octanol–water partition coefficient (Wildman–Crippen LogP) is 1.92. The van der Waals surface area contributed by atoms with E-state index >= 15 is 0 Å². The van der Waals surface area contributed by atoms with E-state index in [1.807, 2.05) is 7.05 Å². The molecule has 0 bridgehead atoms. The Hall–Kier alpha value is -0.570. The molecule has 0 atom stereocenters. The minimum Gasteiger partial charge on any atom is -0.341 e. The monoisotopic (exact) mass is 224 g/mol. The number of likely N-dealkylation sites (tertiary alicyclic amines) is 1. The average molecular weight is 224 g/mol. The molecule has 0 unspecified atom stereocenters. The molecule has 1 amide bonds. The van der Waals surface area contributed by atoms with Crippen molar-refractivity contribution < 1.29 is 4.79 Å². The van der Waals surface area contributed by atoms with Crippen molar-refractivity contribution in [1.82, 2.24) is 10.2 Å². The van der Waals surface area contributed by atoms with Gasteiger partial charge in [0, 0.05) is 13.1 Å². The lowest BCUT2D eigenvalue weighted by molar-refractivity contribution is -0.140. The molecular formula is C13H24N2O. The Balaban J connectivity index is 2.04. The number of carbonyl (C=O) groups is 1. The first kappa shape index (κ1) is 11.9. The topological polar surface area (TPSA) is 32.3 Å². The fourth-order valence-corrected chi connectivity index (χ4v) is 3.13. The molecule has 1 aliphatic heterocycles. The first-order valence-electron chi connectivity index (χ1n) is 6.77. The molecule has 1 aliphatic carbocycles. The number of nitrogens with one attached hydrogen (secondary N) is 1. The van der Waals surface area contributed by atoms with Gasteiger partial charge < -0.3 is 10.2 Å². The van der Waals surface area contributed by atoms with E-state index in [1.165, 1.54) is 38.5 Å². The van der Waals surface area contributed by atoms with Crippen molar-refractivity contribution in [2.24, 2.45) is 0 Å². The molecule has 2 rings (SSSR count). The zero-order chi connectivity index (χ0) is 11.4. The summed E-state index contributed by atoms with van der Waals surface area (Å²) >= 11 is 0. The fraction of sp³-hybridized carbons (Fsp3) is 0.923. The highest BCUT2D eigenvalue weighted by Gasteiger charge is 2.40. The van der Waals surface area contributed by atoms with Gasteiger partial charge in [0.25, 0.3) is 0 Å². The van der Waals surface area contributed by atoms with Gasteiger partial charge in [0.2, 0.25) is 5.91 Å². The summed E-state index contributed by atoms with van der Waals surface area (Å²) in [6.45, 7) is 1.95. The highest BCUT2D eigenvalue weighted by atomic mass is 16.2. The standard InChI is InChI=1S/C13H24N2O/c1-14-13(8-4-2-5-9-13)12(16)15-10-6-3-7-11-15/h14H,2-11H2,1H3. The largest absolute Gasteiger partial charge is 0.341 e. The van der Waals surface area contributed by atoms with Gasteiger partial charge in [-0.1, -0.05) is 19.3 Å². The van der Waals surface area contributed by atoms with Crippen LogP contribution in [-0.2, 0) is 4.79 Å². The predicted molar refractivity (Wildman–Crippen MR) is 65.3 cm³/mol. The minimum absolute atomic E-state index is 0.227. The van der Waals surface area contributed by atoms with Crippen LogP contribution in [0.4, 0.5) is 0 Å². The van der Waals surface area contributed by atoms with Crippen LogP contribution in [-0.4, -0.2) is 36.5 Å². The summed E-state index contributed by atoms with van der Waals surface area (Å²) in [6, 6.07) is 0. The van der Waals surface area contributed by atoms with Crippen molar-refractivity contribution in [1.29, 1.82) is 0 Å². The number of amides is 1. The zero-order valence-electron chi connectivity index (χ0n) is 10.4. The number of nitrogens with zero attached hydrogens (tertiary/aromatic N) is 1. The highest BCUT2D eigenvalue weighted by molar-refractivity contribution is 5.86. The summed E-state index contributed by atoms with van der Waals surface area (Å²) in [5.41, 5.74) is -0.227. The van der Waals surface area contributed by atoms with E-state index in [1.54, 1.807) is 0 Å². The molecule has 3 heteroatoms. The van der Waals surface area contributed by atoms with E-state index in [4.69, 9.17) is 0 Å². The number of likely N-dealkylation sites (N-methyl/N-ethyl adjacent to an activating group) is 1. The van der Waals surface area contributed by atoms with Crippen LogP contribution in [0.1, 0.15) is 51.4 Å². The summed E-state index contributed by atoms with van der Waals surface area (Å²) in [6.07, 6.45) is 9.39. The third-order valence-electron chi connectivity index (χ3n) is 4.24. The van der Waals surface area contributed by atoms with Gasteiger partial charge in [-0.25, -0.2) is 0 Å². The van der Waals surface area contributed by atoms with Gasteiger partial charge in [-0.3, -0.25) is 4.79 Å². The summed E-state index contributed by atoms with van der Waals surface area (Å²) in [5, 5.41) is 3.32. The van der Waals surface area contributed by atoms with Crippen LogP contribution in [0.3, 0.4) is 0 Å². The molecule has 2 aliphatic rings. The second-order valence-electron chi connectivity index (χ2n) is 5.25. The number of hydrogen-bond donors (Lipinski definition) is 1. The maximum absolute atomic E-state index is 12.6. The molecule has 0 radical (unpaired) electrons. The van der Waals surface area contributed by atoms with Crippen LogP contribution < -0.4 is 5.32 Å². The Morgan fingerprint density at radius 3 is 2.12 bits per heavy atom. The molecule has 0 spiro atoms.